The molecule has 204 valence electrons. The minimum atomic E-state index is -1.63. The van der Waals surface area contributed by atoms with Crippen LogP contribution in [0.2, 0.25) is 0 Å². The van der Waals surface area contributed by atoms with Gasteiger partial charge in [0.25, 0.3) is 0 Å². The molecule has 1 aromatic rings. The topological polar surface area (TPSA) is 129 Å². The number of methoxy groups -OCH3 is 1. The summed E-state index contributed by atoms with van der Waals surface area (Å²) in [5.41, 5.74) is -0.472. The van der Waals surface area contributed by atoms with E-state index in [1.54, 1.807) is 19.3 Å². The van der Waals surface area contributed by atoms with Crippen molar-refractivity contribution >= 4 is 23.7 Å². The molecule has 2 heterocycles. The molecule has 8 atom stereocenters. The molecule has 1 aromatic heterocycles. The number of hydrogen-bond donors (Lipinski definition) is 1. The molecule has 0 saturated heterocycles. The lowest BCUT2D eigenvalue weighted by Gasteiger charge is -2.63. The minimum absolute atomic E-state index is 0.196. The summed E-state index contributed by atoms with van der Waals surface area (Å²) in [6, 6.07) is 1.77. The van der Waals surface area contributed by atoms with Gasteiger partial charge in [0.15, 0.2) is 6.10 Å². The van der Waals surface area contributed by atoms with Crippen molar-refractivity contribution in [2.24, 2.45) is 34.0 Å². The number of aliphatic hydroxyl groups is 1. The summed E-state index contributed by atoms with van der Waals surface area (Å²) in [4.78, 5) is 52.0. The quantitative estimate of drug-likeness (QED) is 0.463. The van der Waals surface area contributed by atoms with Crippen LogP contribution in [0.15, 0.2) is 46.3 Å². The summed E-state index contributed by atoms with van der Waals surface area (Å²) < 4.78 is 21.7. The van der Waals surface area contributed by atoms with Gasteiger partial charge in [0, 0.05) is 40.7 Å². The fourth-order valence-corrected chi connectivity index (χ4v) is 8.06. The number of furan rings is 1. The second-order valence-electron chi connectivity index (χ2n) is 12.0. The number of carbonyl (C=O) groups is 4. The third-order valence-corrected chi connectivity index (χ3v) is 9.65. The number of rotatable bonds is 4. The number of ether oxygens (including phenoxy) is 3. The first-order valence-corrected chi connectivity index (χ1v) is 12.9. The van der Waals surface area contributed by atoms with Crippen molar-refractivity contribution in [3.05, 3.63) is 47.5 Å². The standard InChI is InChI=1S/C29H34O9/c1-14(30)37-25-17-11-16-18(29(5,23(17)33)22(27(25,2)3)21(32)26(34)35-6)7-9-28(4)19(16)12-20(31)38-24(28)15-8-10-36-13-15/h8,10-13,17-18,21-22,24-25,32H,7,9H2,1-6H3/t17-,18+,21?,22+,24+,25-,28-,29-/m1/s1. The molecule has 1 N–H and O–H groups in total. The normalized spacial score (nSPS) is 38.0. The Morgan fingerprint density at radius 2 is 1.89 bits per heavy atom. The Hall–Kier alpha value is -3.20. The Morgan fingerprint density at radius 3 is 2.50 bits per heavy atom. The van der Waals surface area contributed by atoms with Crippen LogP contribution < -0.4 is 0 Å². The molecule has 9 heteroatoms. The second kappa shape index (κ2) is 8.66. The summed E-state index contributed by atoms with van der Waals surface area (Å²) in [5, 5.41) is 11.3. The van der Waals surface area contributed by atoms with Crippen molar-refractivity contribution in [3.8, 4) is 0 Å². The van der Waals surface area contributed by atoms with E-state index in [2.05, 4.69) is 0 Å². The Bertz CT molecular complexity index is 1250. The lowest BCUT2D eigenvalue weighted by atomic mass is 9.41. The number of cyclic esters (lactones) is 1. The highest BCUT2D eigenvalue weighted by atomic mass is 16.6. The molecule has 2 saturated carbocycles. The third-order valence-electron chi connectivity index (χ3n) is 9.65. The summed E-state index contributed by atoms with van der Waals surface area (Å²) in [7, 11) is 1.19. The van der Waals surface area contributed by atoms with E-state index in [0.29, 0.717) is 12.8 Å². The zero-order chi connectivity index (χ0) is 27.8. The molecule has 38 heavy (non-hydrogen) atoms. The van der Waals surface area contributed by atoms with E-state index in [1.807, 2.05) is 26.8 Å². The predicted molar refractivity (Wildman–Crippen MR) is 132 cm³/mol. The first-order valence-electron chi connectivity index (χ1n) is 12.9. The molecule has 5 rings (SSSR count). The molecule has 1 aliphatic heterocycles. The van der Waals surface area contributed by atoms with E-state index in [0.717, 1.165) is 16.7 Å². The number of ketones is 1. The molecule has 2 fully saturated rings. The van der Waals surface area contributed by atoms with Crippen LogP contribution in [0.4, 0.5) is 0 Å². The van der Waals surface area contributed by atoms with Gasteiger partial charge in [-0.2, -0.15) is 0 Å². The maximum Gasteiger partial charge on any atom is 0.335 e. The van der Waals surface area contributed by atoms with E-state index >= 15 is 0 Å². The largest absolute Gasteiger partial charge is 0.472 e. The molecule has 9 nitrogen and oxygen atoms in total. The van der Waals surface area contributed by atoms with Crippen molar-refractivity contribution < 1.29 is 42.9 Å². The number of fused-ring (bicyclic) bond motifs is 6. The van der Waals surface area contributed by atoms with Gasteiger partial charge in [-0.25, -0.2) is 9.59 Å². The summed E-state index contributed by atoms with van der Waals surface area (Å²) >= 11 is 0. The van der Waals surface area contributed by atoms with Crippen LogP contribution in [0, 0.1) is 34.0 Å². The van der Waals surface area contributed by atoms with Crippen LogP contribution in [-0.2, 0) is 33.4 Å². The van der Waals surface area contributed by atoms with Gasteiger partial charge in [-0.05, 0) is 36.0 Å². The van der Waals surface area contributed by atoms with Crippen molar-refractivity contribution in [2.45, 2.75) is 65.8 Å². The molecular formula is C29H34O9. The van der Waals surface area contributed by atoms with Gasteiger partial charge >= 0.3 is 17.9 Å². The van der Waals surface area contributed by atoms with Gasteiger partial charge in [-0.15, -0.1) is 0 Å². The van der Waals surface area contributed by atoms with Crippen LogP contribution in [0.25, 0.3) is 0 Å². The Balaban J connectivity index is 1.72. The molecule has 0 aromatic carbocycles. The number of allylic oxidation sites excluding steroid dienone is 1. The van der Waals surface area contributed by atoms with E-state index in [9.17, 15) is 24.3 Å². The number of Topliss-reactive ketones (excluding diaryl/α,β-unsaturated/α-hetero) is 1. The lowest BCUT2D eigenvalue weighted by molar-refractivity contribution is -0.205. The number of esters is 3. The maximum atomic E-state index is 14.2. The fourth-order valence-electron chi connectivity index (χ4n) is 8.06. The van der Waals surface area contributed by atoms with Gasteiger partial charge < -0.3 is 23.7 Å². The van der Waals surface area contributed by atoms with Crippen LogP contribution in [0.3, 0.4) is 0 Å². The third kappa shape index (κ3) is 3.47. The molecule has 3 aliphatic carbocycles. The molecular weight excluding hydrogens is 492 g/mol. The first-order chi connectivity index (χ1) is 17.8. The Kier molecular flexibility index (Phi) is 6.02. The Morgan fingerprint density at radius 1 is 1.18 bits per heavy atom. The minimum Gasteiger partial charge on any atom is -0.472 e. The van der Waals surface area contributed by atoms with E-state index in [1.165, 1.54) is 26.4 Å². The summed E-state index contributed by atoms with van der Waals surface area (Å²) in [6.45, 7) is 8.72. The van der Waals surface area contributed by atoms with Crippen LogP contribution in [0.5, 0.6) is 0 Å². The van der Waals surface area contributed by atoms with Gasteiger partial charge in [0.05, 0.1) is 25.6 Å². The van der Waals surface area contributed by atoms with Crippen LogP contribution in [-0.4, -0.2) is 48.1 Å². The van der Waals surface area contributed by atoms with Crippen LogP contribution in [0.1, 0.15) is 59.1 Å². The number of carbonyl (C=O) groups excluding carboxylic acids is 4. The molecule has 0 radical (unpaired) electrons. The van der Waals surface area contributed by atoms with Crippen molar-refractivity contribution in [3.63, 3.8) is 0 Å². The highest BCUT2D eigenvalue weighted by Gasteiger charge is 2.70. The van der Waals surface area contributed by atoms with Gasteiger partial charge in [-0.3, -0.25) is 9.59 Å². The van der Waals surface area contributed by atoms with E-state index < -0.39 is 64.3 Å². The molecule has 0 amide bonds. The smallest absolute Gasteiger partial charge is 0.335 e. The summed E-state index contributed by atoms with van der Waals surface area (Å²) in [5.74, 6) is -4.24. The van der Waals surface area contributed by atoms with Crippen molar-refractivity contribution in [1.29, 1.82) is 0 Å². The first kappa shape index (κ1) is 26.4. The van der Waals surface area contributed by atoms with Gasteiger partial charge in [-0.1, -0.05) is 33.8 Å². The Labute approximate surface area is 221 Å². The highest BCUT2D eigenvalue weighted by molar-refractivity contribution is 5.95. The number of aliphatic hydroxyl groups excluding tert-OH is 1. The highest BCUT2D eigenvalue weighted by Crippen LogP contribution is 2.67. The summed E-state index contributed by atoms with van der Waals surface area (Å²) in [6.07, 6.45) is 4.43. The van der Waals surface area contributed by atoms with Crippen LogP contribution >= 0.6 is 0 Å². The van der Waals surface area contributed by atoms with Gasteiger partial charge in [0.2, 0.25) is 0 Å². The second-order valence-corrected chi connectivity index (χ2v) is 12.0. The van der Waals surface area contributed by atoms with Crippen molar-refractivity contribution in [1.82, 2.24) is 0 Å². The zero-order valence-electron chi connectivity index (χ0n) is 22.5. The lowest BCUT2D eigenvalue weighted by Crippen LogP contribution is -2.68. The van der Waals surface area contributed by atoms with E-state index in [4.69, 9.17) is 18.6 Å². The monoisotopic (exact) mass is 526 g/mol. The predicted octanol–water partition coefficient (Wildman–Crippen LogP) is 3.47. The number of hydrogen-bond acceptors (Lipinski definition) is 9. The van der Waals surface area contributed by atoms with Gasteiger partial charge in [0.1, 0.15) is 18.0 Å². The average Bonchev–Trinajstić information content (AvgIpc) is 3.38. The zero-order valence-corrected chi connectivity index (χ0v) is 22.5. The average molecular weight is 527 g/mol. The molecule has 0 spiro atoms. The molecule has 4 aliphatic rings. The van der Waals surface area contributed by atoms with Crippen molar-refractivity contribution in [2.75, 3.05) is 7.11 Å². The van der Waals surface area contributed by atoms with E-state index in [-0.39, 0.29) is 11.7 Å². The molecule has 1 unspecified atom stereocenters. The maximum absolute atomic E-state index is 14.2. The fraction of sp³-hybridized carbons (Fsp3) is 0.586. The molecule has 2 bridgehead atoms. The SMILES string of the molecule is COC(=O)C(O)[C@H]1C(C)(C)[C@H](OC(C)=O)[C@@H]2C=C3C4=CC(=O)O[C@@H](c5ccoc5)[C@]4(C)CC[C@@H]3[C@@]1(C)C2=O.